The van der Waals surface area contributed by atoms with E-state index in [-0.39, 0.29) is 0 Å². The van der Waals surface area contributed by atoms with Gasteiger partial charge in [0.25, 0.3) is 0 Å². The van der Waals surface area contributed by atoms with Crippen LogP contribution in [0.3, 0.4) is 0 Å². The Kier molecular flexibility index (Phi) is 5.68. The van der Waals surface area contributed by atoms with Gasteiger partial charge in [-0.25, -0.2) is 13.8 Å². The van der Waals surface area contributed by atoms with Crippen LogP contribution in [0.2, 0.25) is 5.15 Å². The molecule has 3 nitrogen and oxygen atoms in total. The van der Waals surface area contributed by atoms with Gasteiger partial charge >= 0.3 is 0 Å². The molecule has 0 unspecified atom stereocenters. The maximum absolute atomic E-state index is 13.3. The predicted molar refractivity (Wildman–Crippen MR) is 106 cm³/mol. The van der Waals surface area contributed by atoms with Gasteiger partial charge in [0.15, 0.2) is 11.6 Å². The summed E-state index contributed by atoms with van der Waals surface area (Å²) >= 11 is 7.97. The first-order valence-corrected chi connectivity index (χ1v) is 10.3. The van der Waals surface area contributed by atoms with Crippen LogP contribution >= 0.6 is 22.9 Å². The van der Waals surface area contributed by atoms with E-state index in [4.69, 9.17) is 11.6 Å². The van der Waals surface area contributed by atoms with E-state index in [1.807, 2.05) is 11.4 Å². The summed E-state index contributed by atoms with van der Waals surface area (Å²) in [7, 11) is 0. The lowest BCUT2D eigenvalue weighted by atomic mass is 10.0. The quantitative estimate of drug-likeness (QED) is 0.604. The molecule has 0 radical (unpaired) electrons. The molecule has 142 valence electrons. The number of benzene rings is 1. The average Bonchev–Trinajstić information content (AvgIpc) is 3.11. The maximum Gasteiger partial charge on any atom is 0.159 e. The second kappa shape index (κ2) is 8.19. The first kappa shape index (κ1) is 18.7. The first-order chi connectivity index (χ1) is 13.1. The van der Waals surface area contributed by atoms with Crippen LogP contribution in [0.15, 0.2) is 35.7 Å². The molecule has 1 fully saturated rings. The van der Waals surface area contributed by atoms with Crippen LogP contribution in [0.1, 0.15) is 24.0 Å². The lowest BCUT2D eigenvalue weighted by molar-refractivity contribution is 0.190. The van der Waals surface area contributed by atoms with Crippen LogP contribution in [-0.4, -0.2) is 29.0 Å². The summed E-state index contributed by atoms with van der Waals surface area (Å²) < 4.78 is 27.5. The Morgan fingerprint density at radius 2 is 1.96 bits per heavy atom. The fourth-order valence-electron chi connectivity index (χ4n) is 3.48. The lowest BCUT2D eigenvalue weighted by Gasteiger charge is -2.32. The van der Waals surface area contributed by atoms with Gasteiger partial charge in [-0.1, -0.05) is 17.7 Å². The molecule has 3 heterocycles. The molecule has 3 aromatic rings. The van der Waals surface area contributed by atoms with Crippen molar-refractivity contribution in [3.05, 3.63) is 63.6 Å². The van der Waals surface area contributed by atoms with Gasteiger partial charge in [0.1, 0.15) is 5.15 Å². The van der Waals surface area contributed by atoms with Crippen LogP contribution in [0.25, 0.3) is 10.2 Å². The van der Waals surface area contributed by atoms with Crippen LogP contribution in [0.4, 0.5) is 8.78 Å². The molecule has 0 aliphatic carbocycles. The fraction of sp³-hybridized carbons (Fsp3) is 0.350. The zero-order valence-electron chi connectivity index (χ0n) is 14.7. The van der Waals surface area contributed by atoms with E-state index in [0.29, 0.717) is 24.3 Å². The van der Waals surface area contributed by atoms with Crippen molar-refractivity contribution in [1.82, 2.24) is 15.2 Å². The number of piperidine rings is 1. The Morgan fingerprint density at radius 1 is 1.15 bits per heavy atom. The Hall–Kier alpha value is -1.60. The van der Waals surface area contributed by atoms with Crippen molar-refractivity contribution < 1.29 is 8.78 Å². The summed E-state index contributed by atoms with van der Waals surface area (Å²) in [6.07, 6.45) is 2.02. The molecule has 0 bridgehead atoms. The Morgan fingerprint density at radius 3 is 2.74 bits per heavy atom. The molecule has 1 aliphatic rings. The lowest BCUT2D eigenvalue weighted by Crippen LogP contribution is -2.41. The Bertz CT molecular complexity index is 938. The van der Waals surface area contributed by atoms with Gasteiger partial charge in [0.2, 0.25) is 0 Å². The molecular formula is C20H20ClF2N3S. The largest absolute Gasteiger partial charge is 0.310 e. The van der Waals surface area contributed by atoms with Crippen molar-refractivity contribution in [2.45, 2.75) is 32.0 Å². The minimum atomic E-state index is -0.796. The Balaban J connectivity index is 1.28. The molecule has 2 aromatic heterocycles. The highest BCUT2D eigenvalue weighted by molar-refractivity contribution is 7.17. The zero-order valence-corrected chi connectivity index (χ0v) is 16.3. The maximum atomic E-state index is 13.3. The second-order valence-electron chi connectivity index (χ2n) is 6.92. The van der Waals surface area contributed by atoms with Gasteiger partial charge < -0.3 is 5.32 Å². The summed E-state index contributed by atoms with van der Waals surface area (Å²) in [5.74, 6) is -1.58. The molecule has 1 N–H and O–H groups in total. The third kappa shape index (κ3) is 4.46. The van der Waals surface area contributed by atoms with E-state index in [2.05, 4.69) is 21.3 Å². The van der Waals surface area contributed by atoms with Gasteiger partial charge in [-0.2, -0.15) is 0 Å². The number of nitrogens with one attached hydrogen (secondary N) is 1. The molecule has 0 spiro atoms. The van der Waals surface area contributed by atoms with E-state index in [9.17, 15) is 8.78 Å². The highest BCUT2D eigenvalue weighted by Crippen LogP contribution is 2.25. The fourth-order valence-corrected chi connectivity index (χ4v) is 4.48. The number of rotatable bonds is 5. The third-order valence-electron chi connectivity index (χ3n) is 5.02. The number of nitrogens with zero attached hydrogens (tertiary/aromatic N) is 2. The number of likely N-dealkylation sites (tertiary alicyclic amines) is 1. The summed E-state index contributed by atoms with van der Waals surface area (Å²) in [6.45, 7) is 3.20. The van der Waals surface area contributed by atoms with Crippen LogP contribution in [-0.2, 0) is 13.1 Å². The van der Waals surface area contributed by atoms with Gasteiger partial charge in [0, 0.05) is 24.7 Å². The van der Waals surface area contributed by atoms with Crippen LogP contribution in [0.5, 0.6) is 0 Å². The van der Waals surface area contributed by atoms with E-state index >= 15 is 0 Å². The zero-order chi connectivity index (χ0) is 18.8. The minimum Gasteiger partial charge on any atom is -0.310 e. The van der Waals surface area contributed by atoms with E-state index in [1.54, 1.807) is 17.4 Å². The Labute approximate surface area is 166 Å². The molecule has 0 saturated carbocycles. The van der Waals surface area contributed by atoms with E-state index in [0.717, 1.165) is 47.3 Å². The second-order valence-corrected chi connectivity index (χ2v) is 8.23. The third-order valence-corrected chi connectivity index (χ3v) is 6.20. The summed E-state index contributed by atoms with van der Waals surface area (Å²) in [6, 6.07) is 8.64. The van der Waals surface area contributed by atoms with Gasteiger partial charge in [0.05, 0.1) is 10.2 Å². The number of pyridine rings is 1. The molecule has 7 heteroatoms. The predicted octanol–water partition coefficient (Wildman–Crippen LogP) is 4.98. The topological polar surface area (TPSA) is 28.2 Å². The van der Waals surface area contributed by atoms with E-state index in [1.165, 1.54) is 12.1 Å². The number of hydrogen-bond donors (Lipinski definition) is 1. The molecule has 1 aliphatic heterocycles. The normalized spacial score (nSPS) is 16.3. The van der Waals surface area contributed by atoms with Crippen molar-refractivity contribution in [2.75, 3.05) is 13.1 Å². The summed E-state index contributed by atoms with van der Waals surface area (Å²) in [4.78, 5) is 6.72. The highest BCUT2D eigenvalue weighted by Gasteiger charge is 2.19. The van der Waals surface area contributed by atoms with Crippen molar-refractivity contribution in [1.29, 1.82) is 0 Å². The summed E-state index contributed by atoms with van der Waals surface area (Å²) in [5.41, 5.74) is 2.78. The van der Waals surface area contributed by atoms with Crippen molar-refractivity contribution >= 4 is 33.2 Å². The number of aromatic nitrogens is 1. The SMILES string of the molecule is Fc1ccc(CN2CCC(NCc3cc4sccc4nc3Cl)CC2)cc1F. The number of fused-ring (bicyclic) bond motifs is 1. The van der Waals surface area contributed by atoms with Gasteiger partial charge in [-0.05, 0) is 61.1 Å². The standard InChI is InChI=1S/C20H20ClF2N3S/c21-20-14(10-19-18(25-20)5-8-27-19)11-24-15-3-6-26(7-4-15)12-13-1-2-16(22)17(23)9-13/h1-2,5,8-10,15,24H,3-4,6-7,11-12H2. The molecule has 0 atom stereocenters. The minimum absolute atomic E-state index is 0.418. The molecule has 27 heavy (non-hydrogen) atoms. The molecular weight excluding hydrogens is 388 g/mol. The molecule has 0 amide bonds. The monoisotopic (exact) mass is 407 g/mol. The number of hydrogen-bond acceptors (Lipinski definition) is 4. The molecule has 1 saturated heterocycles. The summed E-state index contributed by atoms with van der Waals surface area (Å²) in [5, 5.41) is 6.16. The molecule has 4 rings (SSSR count). The smallest absolute Gasteiger partial charge is 0.159 e. The highest BCUT2D eigenvalue weighted by atomic mass is 35.5. The molecule has 1 aromatic carbocycles. The van der Waals surface area contributed by atoms with Crippen molar-refractivity contribution in [2.24, 2.45) is 0 Å². The van der Waals surface area contributed by atoms with Gasteiger partial charge in [-0.3, -0.25) is 4.90 Å². The average molecular weight is 408 g/mol. The van der Waals surface area contributed by atoms with Crippen molar-refractivity contribution in [3.8, 4) is 0 Å². The number of thiophene rings is 1. The van der Waals surface area contributed by atoms with Gasteiger partial charge in [-0.15, -0.1) is 11.3 Å². The first-order valence-electron chi connectivity index (χ1n) is 9.01. The van der Waals surface area contributed by atoms with E-state index < -0.39 is 11.6 Å². The van der Waals surface area contributed by atoms with Crippen molar-refractivity contribution in [3.63, 3.8) is 0 Å². The number of halogens is 3. The van der Waals surface area contributed by atoms with Crippen LogP contribution in [0, 0.1) is 11.6 Å². The van der Waals surface area contributed by atoms with Crippen LogP contribution < -0.4 is 5.32 Å².